The van der Waals surface area contributed by atoms with Gasteiger partial charge in [0.2, 0.25) is 5.91 Å². The third-order valence-electron chi connectivity index (χ3n) is 3.53. The molecule has 0 spiro atoms. The summed E-state index contributed by atoms with van der Waals surface area (Å²) >= 11 is 1.38. The number of urea groups is 1. The summed E-state index contributed by atoms with van der Waals surface area (Å²) in [6, 6.07) is -0.471. The smallest absolute Gasteiger partial charge is 0.321 e. The van der Waals surface area contributed by atoms with Crippen molar-refractivity contribution in [1.29, 1.82) is 0 Å². The molecule has 6 nitrogen and oxygen atoms in total. The van der Waals surface area contributed by atoms with Crippen LogP contribution in [0.4, 0.5) is 4.79 Å². The number of unbranched alkanes of at least 4 members (excludes halogenated alkanes) is 1. The molecule has 0 aliphatic rings. The second-order valence-electron chi connectivity index (χ2n) is 7.02. The Morgan fingerprint density at radius 1 is 1.29 bits per heavy atom. The average Bonchev–Trinajstić information content (AvgIpc) is 2.69. The van der Waals surface area contributed by atoms with Crippen molar-refractivity contribution in [1.82, 2.24) is 20.2 Å². The Hall–Kier alpha value is -1.50. The number of imide groups is 1. The molecule has 1 atom stereocenters. The minimum absolute atomic E-state index is 0.318. The molecule has 1 aromatic rings. The lowest BCUT2D eigenvalue weighted by atomic mass is 10.1. The van der Waals surface area contributed by atoms with Gasteiger partial charge in [-0.15, -0.1) is 0 Å². The molecule has 0 aromatic carbocycles. The molecule has 2 N–H and O–H groups in total. The first-order valence-corrected chi connectivity index (χ1v) is 9.26. The number of rotatable bonds is 6. The number of aryl methyl sites for hydroxylation is 1. The van der Waals surface area contributed by atoms with E-state index in [1.165, 1.54) is 11.8 Å². The van der Waals surface area contributed by atoms with Crippen molar-refractivity contribution in [3.05, 3.63) is 11.4 Å². The van der Waals surface area contributed by atoms with Crippen LogP contribution in [0.3, 0.4) is 0 Å². The fraction of sp³-hybridized carbons (Fsp3) is 0.706. The standard InChI is InChI=1S/C17H30N4O2S/c1-8-9-10-21-12(3)11(2)18-16(21)24-13(4)14(22)19-15(23)20-17(5,6)7/h13H,8-10H2,1-7H3,(H2,19,20,22,23). The summed E-state index contributed by atoms with van der Waals surface area (Å²) in [6.45, 7) is 14.4. The maximum absolute atomic E-state index is 12.2. The van der Waals surface area contributed by atoms with Gasteiger partial charge in [-0.3, -0.25) is 10.1 Å². The van der Waals surface area contributed by atoms with Crippen molar-refractivity contribution in [3.63, 3.8) is 0 Å². The molecular formula is C17H30N4O2S. The largest absolute Gasteiger partial charge is 0.333 e. The molecule has 1 aromatic heterocycles. The Kier molecular flexibility index (Phi) is 7.32. The molecule has 1 heterocycles. The topological polar surface area (TPSA) is 76.0 Å². The molecule has 3 amide bonds. The third kappa shape index (κ3) is 6.19. The molecule has 24 heavy (non-hydrogen) atoms. The van der Waals surface area contributed by atoms with Gasteiger partial charge in [-0.25, -0.2) is 9.78 Å². The van der Waals surface area contributed by atoms with E-state index in [9.17, 15) is 9.59 Å². The lowest BCUT2D eigenvalue weighted by molar-refractivity contribution is -0.119. The lowest BCUT2D eigenvalue weighted by Gasteiger charge is -2.21. The maximum Gasteiger partial charge on any atom is 0.321 e. The average molecular weight is 355 g/mol. The predicted molar refractivity (Wildman–Crippen MR) is 98.4 cm³/mol. The van der Waals surface area contributed by atoms with Gasteiger partial charge in [0.15, 0.2) is 5.16 Å². The van der Waals surface area contributed by atoms with Gasteiger partial charge in [-0.05, 0) is 48.0 Å². The van der Waals surface area contributed by atoms with Crippen molar-refractivity contribution < 1.29 is 9.59 Å². The van der Waals surface area contributed by atoms with Crippen LogP contribution in [0.25, 0.3) is 0 Å². The zero-order chi connectivity index (χ0) is 18.5. The fourth-order valence-electron chi connectivity index (χ4n) is 2.09. The Balaban J connectivity index is 2.73. The zero-order valence-electron chi connectivity index (χ0n) is 15.8. The predicted octanol–water partition coefficient (Wildman–Crippen LogP) is 3.40. The monoisotopic (exact) mass is 354 g/mol. The van der Waals surface area contributed by atoms with Gasteiger partial charge in [-0.2, -0.15) is 0 Å². The third-order valence-corrected chi connectivity index (χ3v) is 4.62. The van der Waals surface area contributed by atoms with Crippen LogP contribution in [0.1, 0.15) is 58.8 Å². The van der Waals surface area contributed by atoms with E-state index in [4.69, 9.17) is 0 Å². The number of imidazole rings is 1. The lowest BCUT2D eigenvalue weighted by Crippen LogP contribution is -2.49. The minimum Gasteiger partial charge on any atom is -0.333 e. The number of hydrogen-bond donors (Lipinski definition) is 2. The van der Waals surface area contributed by atoms with Crippen molar-refractivity contribution in [3.8, 4) is 0 Å². The number of carbonyl (C=O) groups is 2. The number of aromatic nitrogens is 2. The van der Waals surface area contributed by atoms with Crippen LogP contribution in [0.15, 0.2) is 5.16 Å². The van der Waals surface area contributed by atoms with Gasteiger partial charge in [0.05, 0.1) is 10.9 Å². The van der Waals surface area contributed by atoms with Crippen molar-refractivity contribution in [2.75, 3.05) is 0 Å². The molecule has 0 radical (unpaired) electrons. The summed E-state index contributed by atoms with van der Waals surface area (Å²) in [4.78, 5) is 28.6. The van der Waals surface area contributed by atoms with E-state index < -0.39 is 11.3 Å². The highest BCUT2D eigenvalue weighted by Gasteiger charge is 2.22. The highest BCUT2D eigenvalue weighted by Crippen LogP contribution is 2.25. The maximum atomic E-state index is 12.2. The van der Waals surface area contributed by atoms with Crippen LogP contribution < -0.4 is 10.6 Å². The summed E-state index contributed by atoms with van der Waals surface area (Å²) in [7, 11) is 0. The summed E-state index contributed by atoms with van der Waals surface area (Å²) in [5.41, 5.74) is 1.72. The Morgan fingerprint density at radius 2 is 1.92 bits per heavy atom. The molecule has 0 saturated heterocycles. The van der Waals surface area contributed by atoms with E-state index in [0.717, 1.165) is 35.9 Å². The molecule has 7 heteroatoms. The van der Waals surface area contributed by atoms with Crippen LogP contribution in [-0.4, -0.2) is 32.3 Å². The van der Waals surface area contributed by atoms with E-state index >= 15 is 0 Å². The number of thioether (sulfide) groups is 1. The molecule has 136 valence electrons. The van der Waals surface area contributed by atoms with Gasteiger partial charge < -0.3 is 9.88 Å². The van der Waals surface area contributed by atoms with Gasteiger partial charge in [0, 0.05) is 17.8 Å². The van der Waals surface area contributed by atoms with Gasteiger partial charge in [0.1, 0.15) is 0 Å². The van der Waals surface area contributed by atoms with E-state index in [1.807, 2.05) is 34.6 Å². The number of nitrogens with zero attached hydrogens (tertiary/aromatic N) is 2. The number of carbonyl (C=O) groups excluding carboxylic acids is 2. The fourth-order valence-corrected chi connectivity index (χ4v) is 3.12. The molecule has 1 rings (SSSR count). The number of amides is 3. The number of hydrogen-bond acceptors (Lipinski definition) is 4. The summed E-state index contributed by atoms with van der Waals surface area (Å²) in [5.74, 6) is -0.318. The van der Waals surface area contributed by atoms with E-state index in [1.54, 1.807) is 6.92 Å². The summed E-state index contributed by atoms with van der Waals surface area (Å²) in [6.07, 6.45) is 2.17. The normalized spacial score (nSPS) is 12.8. The molecule has 0 aliphatic carbocycles. The molecular weight excluding hydrogens is 324 g/mol. The van der Waals surface area contributed by atoms with E-state index in [2.05, 4.69) is 27.1 Å². The molecule has 0 bridgehead atoms. The van der Waals surface area contributed by atoms with Crippen LogP contribution in [0.2, 0.25) is 0 Å². The quantitative estimate of drug-likeness (QED) is 0.768. The van der Waals surface area contributed by atoms with E-state index in [-0.39, 0.29) is 11.4 Å². The molecule has 0 aliphatic heterocycles. The second kappa shape index (κ2) is 8.55. The summed E-state index contributed by atoms with van der Waals surface area (Å²) in [5, 5.41) is 5.54. The highest BCUT2D eigenvalue weighted by atomic mass is 32.2. The first-order chi connectivity index (χ1) is 11.0. The zero-order valence-corrected chi connectivity index (χ0v) is 16.6. The Morgan fingerprint density at radius 3 is 2.46 bits per heavy atom. The van der Waals surface area contributed by atoms with Crippen molar-refractivity contribution >= 4 is 23.7 Å². The second-order valence-corrected chi connectivity index (χ2v) is 8.33. The van der Waals surface area contributed by atoms with E-state index in [0.29, 0.717) is 0 Å². The molecule has 0 fully saturated rings. The number of nitrogens with one attached hydrogen (secondary N) is 2. The highest BCUT2D eigenvalue weighted by molar-refractivity contribution is 8.00. The minimum atomic E-state index is -0.471. The Bertz CT molecular complexity index is 590. The molecule has 0 saturated carbocycles. The summed E-state index contributed by atoms with van der Waals surface area (Å²) < 4.78 is 2.16. The van der Waals surface area contributed by atoms with Crippen LogP contribution in [-0.2, 0) is 11.3 Å². The van der Waals surface area contributed by atoms with Crippen molar-refractivity contribution in [2.24, 2.45) is 0 Å². The first kappa shape index (κ1) is 20.5. The van der Waals surface area contributed by atoms with Gasteiger partial charge >= 0.3 is 6.03 Å². The van der Waals surface area contributed by atoms with Crippen molar-refractivity contribution in [2.45, 2.75) is 83.8 Å². The van der Waals surface area contributed by atoms with Crippen LogP contribution >= 0.6 is 11.8 Å². The Labute approximate surface area is 149 Å². The first-order valence-electron chi connectivity index (χ1n) is 8.38. The SMILES string of the molecule is CCCCn1c(SC(C)C(=O)NC(=O)NC(C)(C)C)nc(C)c1C. The van der Waals surface area contributed by atoms with Crippen LogP contribution in [0, 0.1) is 13.8 Å². The van der Waals surface area contributed by atoms with Gasteiger partial charge in [0.25, 0.3) is 0 Å². The van der Waals surface area contributed by atoms with Gasteiger partial charge in [-0.1, -0.05) is 25.1 Å². The molecule has 1 unspecified atom stereocenters. The van der Waals surface area contributed by atoms with Crippen LogP contribution in [0.5, 0.6) is 0 Å².